The quantitative estimate of drug-likeness (QED) is 0.873. The molecule has 1 aliphatic rings. The number of ether oxygens (including phenoxy) is 2. The summed E-state index contributed by atoms with van der Waals surface area (Å²) >= 11 is 0. The number of likely N-dealkylation sites (N-methyl/N-ethyl adjacent to an activating group) is 1. The molecule has 21 heavy (non-hydrogen) atoms. The molecule has 2 rings (SSSR count). The largest absolute Gasteiger partial charge is 0.497 e. The van der Waals surface area contributed by atoms with Crippen molar-refractivity contribution in [3.8, 4) is 5.75 Å². The zero-order valence-corrected chi connectivity index (χ0v) is 13.7. The first-order valence-electron chi connectivity index (χ1n) is 7.79. The summed E-state index contributed by atoms with van der Waals surface area (Å²) < 4.78 is 10.8. The molecule has 0 spiro atoms. The summed E-state index contributed by atoms with van der Waals surface area (Å²) in [5.41, 5.74) is 1.38. The summed E-state index contributed by atoms with van der Waals surface area (Å²) in [4.78, 5) is 2.56. The van der Waals surface area contributed by atoms with Gasteiger partial charge in [0.05, 0.1) is 26.4 Å². The predicted octanol–water partition coefficient (Wildman–Crippen LogP) is 2.46. The third-order valence-electron chi connectivity index (χ3n) is 4.81. The third kappa shape index (κ3) is 3.39. The van der Waals surface area contributed by atoms with E-state index in [1.54, 1.807) is 7.11 Å². The van der Waals surface area contributed by atoms with Crippen molar-refractivity contribution in [1.82, 2.24) is 10.2 Å². The summed E-state index contributed by atoms with van der Waals surface area (Å²) in [6.45, 7) is 8.27. The van der Waals surface area contributed by atoms with E-state index in [0.717, 1.165) is 38.5 Å². The van der Waals surface area contributed by atoms with Gasteiger partial charge in [-0.2, -0.15) is 0 Å². The van der Waals surface area contributed by atoms with Crippen molar-refractivity contribution >= 4 is 0 Å². The van der Waals surface area contributed by atoms with Crippen molar-refractivity contribution in [3.05, 3.63) is 29.8 Å². The fourth-order valence-corrected chi connectivity index (χ4v) is 3.32. The van der Waals surface area contributed by atoms with Gasteiger partial charge in [-0.3, -0.25) is 4.90 Å². The molecule has 1 fully saturated rings. The summed E-state index contributed by atoms with van der Waals surface area (Å²) in [5.74, 6) is 0.901. The monoisotopic (exact) mass is 292 g/mol. The number of methoxy groups -OCH3 is 1. The van der Waals surface area contributed by atoms with Gasteiger partial charge in [-0.25, -0.2) is 0 Å². The maximum Gasteiger partial charge on any atom is 0.118 e. The first kappa shape index (κ1) is 16.3. The molecule has 1 N–H and O–H groups in total. The predicted molar refractivity (Wildman–Crippen MR) is 85.9 cm³/mol. The molecule has 1 aromatic rings. The Morgan fingerprint density at radius 2 is 1.90 bits per heavy atom. The highest BCUT2D eigenvalue weighted by atomic mass is 16.5. The summed E-state index contributed by atoms with van der Waals surface area (Å²) in [7, 11) is 3.75. The van der Waals surface area contributed by atoms with E-state index in [1.165, 1.54) is 5.56 Å². The minimum absolute atomic E-state index is 0.0765. The number of nitrogens with one attached hydrogen (secondary N) is 1. The highest BCUT2D eigenvalue weighted by molar-refractivity contribution is 5.31. The van der Waals surface area contributed by atoms with Crippen LogP contribution in [0.1, 0.15) is 31.9 Å². The van der Waals surface area contributed by atoms with Crippen LogP contribution in [0.4, 0.5) is 0 Å². The lowest BCUT2D eigenvalue weighted by Crippen LogP contribution is -2.57. The van der Waals surface area contributed by atoms with Gasteiger partial charge in [0.25, 0.3) is 0 Å². The zero-order chi connectivity index (χ0) is 15.3. The van der Waals surface area contributed by atoms with Crippen LogP contribution in [0.15, 0.2) is 24.3 Å². The molecule has 2 atom stereocenters. The summed E-state index contributed by atoms with van der Waals surface area (Å²) in [5, 5.41) is 3.52. The van der Waals surface area contributed by atoms with E-state index in [4.69, 9.17) is 9.47 Å². The van der Waals surface area contributed by atoms with Crippen LogP contribution in [0.5, 0.6) is 5.75 Å². The Balaban J connectivity index is 2.26. The van der Waals surface area contributed by atoms with Crippen LogP contribution >= 0.6 is 0 Å². The molecular weight excluding hydrogens is 264 g/mol. The number of rotatable bonds is 6. The van der Waals surface area contributed by atoms with Crippen LogP contribution < -0.4 is 10.1 Å². The lowest BCUT2D eigenvalue weighted by atomic mass is 9.82. The van der Waals surface area contributed by atoms with Gasteiger partial charge in [0.15, 0.2) is 0 Å². The summed E-state index contributed by atoms with van der Waals surface area (Å²) in [6.07, 6.45) is 1.09. The van der Waals surface area contributed by atoms with Crippen molar-refractivity contribution in [1.29, 1.82) is 0 Å². The molecule has 0 bridgehead atoms. The Morgan fingerprint density at radius 3 is 2.38 bits per heavy atom. The van der Waals surface area contributed by atoms with E-state index in [-0.39, 0.29) is 11.6 Å². The lowest BCUT2D eigenvalue weighted by molar-refractivity contribution is -0.0319. The highest BCUT2D eigenvalue weighted by Crippen LogP contribution is 2.35. The Labute approximate surface area is 128 Å². The van der Waals surface area contributed by atoms with E-state index in [0.29, 0.717) is 0 Å². The van der Waals surface area contributed by atoms with Gasteiger partial charge < -0.3 is 14.8 Å². The van der Waals surface area contributed by atoms with Crippen LogP contribution in [-0.2, 0) is 4.74 Å². The van der Waals surface area contributed by atoms with Crippen LogP contribution in [-0.4, -0.2) is 50.9 Å². The Kier molecular flexibility index (Phi) is 5.62. The molecule has 0 aromatic heterocycles. The lowest BCUT2D eigenvalue weighted by Gasteiger charge is -2.48. The second kappa shape index (κ2) is 7.25. The second-order valence-corrected chi connectivity index (χ2v) is 5.80. The molecule has 0 amide bonds. The minimum Gasteiger partial charge on any atom is -0.497 e. The number of benzene rings is 1. The SMILES string of the molecule is CCC(C)(C(NC)c1ccc(OC)cc1)N1CCOCC1. The average molecular weight is 292 g/mol. The minimum atomic E-state index is 0.0765. The standard InChI is InChI=1S/C17H28N2O2/c1-5-17(2,19-10-12-21-13-11-19)16(18-3)14-6-8-15(20-4)9-7-14/h6-9,16,18H,5,10-13H2,1-4H3. The van der Waals surface area contributed by atoms with Crippen LogP contribution in [0.2, 0.25) is 0 Å². The van der Waals surface area contributed by atoms with Crippen molar-refractivity contribution in [2.75, 3.05) is 40.5 Å². The number of hydrogen-bond donors (Lipinski definition) is 1. The van der Waals surface area contributed by atoms with Gasteiger partial charge in [0.1, 0.15) is 5.75 Å². The fraction of sp³-hybridized carbons (Fsp3) is 0.647. The van der Waals surface area contributed by atoms with Crippen LogP contribution in [0.25, 0.3) is 0 Å². The second-order valence-electron chi connectivity index (χ2n) is 5.80. The molecule has 2 unspecified atom stereocenters. The summed E-state index contributed by atoms with van der Waals surface area (Å²) in [6, 6.07) is 8.68. The molecule has 4 heteroatoms. The van der Waals surface area contributed by atoms with E-state index < -0.39 is 0 Å². The highest BCUT2D eigenvalue weighted by Gasteiger charge is 2.39. The molecule has 118 valence electrons. The maximum absolute atomic E-state index is 5.51. The van der Waals surface area contributed by atoms with E-state index in [1.807, 2.05) is 19.2 Å². The molecule has 1 heterocycles. The van der Waals surface area contributed by atoms with Crippen LogP contribution in [0, 0.1) is 0 Å². The molecule has 0 aliphatic carbocycles. The zero-order valence-electron chi connectivity index (χ0n) is 13.7. The van der Waals surface area contributed by atoms with Crippen molar-refractivity contribution < 1.29 is 9.47 Å². The molecule has 0 saturated carbocycles. The Bertz CT molecular complexity index is 429. The first-order valence-corrected chi connectivity index (χ1v) is 7.79. The first-order chi connectivity index (χ1) is 10.2. The van der Waals surface area contributed by atoms with Gasteiger partial charge >= 0.3 is 0 Å². The Hall–Kier alpha value is -1.10. The van der Waals surface area contributed by atoms with Gasteiger partial charge in [0, 0.05) is 18.6 Å². The van der Waals surface area contributed by atoms with E-state index in [9.17, 15) is 0 Å². The van der Waals surface area contributed by atoms with Gasteiger partial charge in [0.2, 0.25) is 0 Å². The normalized spacial score (nSPS) is 20.8. The third-order valence-corrected chi connectivity index (χ3v) is 4.81. The van der Waals surface area contributed by atoms with Gasteiger partial charge in [-0.15, -0.1) is 0 Å². The van der Waals surface area contributed by atoms with Crippen LogP contribution in [0.3, 0.4) is 0 Å². The topological polar surface area (TPSA) is 33.7 Å². The number of nitrogens with zero attached hydrogens (tertiary/aromatic N) is 1. The van der Waals surface area contributed by atoms with Gasteiger partial charge in [-0.05, 0) is 38.1 Å². The molecule has 4 nitrogen and oxygen atoms in total. The van der Waals surface area contributed by atoms with Crippen molar-refractivity contribution in [2.24, 2.45) is 0 Å². The smallest absolute Gasteiger partial charge is 0.118 e. The molecule has 1 aromatic carbocycles. The maximum atomic E-state index is 5.51. The molecular formula is C17H28N2O2. The average Bonchev–Trinajstić information content (AvgIpc) is 2.56. The fourth-order valence-electron chi connectivity index (χ4n) is 3.32. The number of morpholine rings is 1. The molecule has 1 aliphatic heterocycles. The van der Waals surface area contributed by atoms with Crippen molar-refractivity contribution in [2.45, 2.75) is 31.8 Å². The molecule has 1 saturated heterocycles. The van der Waals surface area contributed by atoms with E-state index in [2.05, 4.69) is 36.2 Å². The number of hydrogen-bond acceptors (Lipinski definition) is 4. The molecule has 0 radical (unpaired) electrons. The van der Waals surface area contributed by atoms with Gasteiger partial charge in [-0.1, -0.05) is 19.1 Å². The Morgan fingerprint density at radius 1 is 1.29 bits per heavy atom. The van der Waals surface area contributed by atoms with Crippen molar-refractivity contribution in [3.63, 3.8) is 0 Å². The van der Waals surface area contributed by atoms with E-state index >= 15 is 0 Å².